The van der Waals surface area contributed by atoms with E-state index in [9.17, 15) is 50.1 Å². The number of Topliss-reactive ketones (excluding diaryl/α,β-unsaturated/α-hetero) is 1. The third-order valence-corrected chi connectivity index (χ3v) is 20.6. The van der Waals surface area contributed by atoms with Crippen LogP contribution in [0.5, 0.6) is 0 Å². The predicted octanol–water partition coefficient (Wildman–Crippen LogP) is 0.764. The highest BCUT2D eigenvalue weighted by atomic mass is 16.8. The van der Waals surface area contributed by atoms with Crippen LogP contribution in [-0.2, 0) is 90.2 Å². The first-order chi connectivity index (χ1) is 40.1. The van der Waals surface area contributed by atoms with Gasteiger partial charge in [-0.1, -0.05) is 25.5 Å². The highest BCUT2D eigenvalue weighted by Gasteiger charge is 2.81. The van der Waals surface area contributed by atoms with E-state index in [1.807, 2.05) is 26.8 Å². The van der Waals surface area contributed by atoms with Gasteiger partial charge in [-0.3, -0.25) is 14.4 Å². The zero-order chi connectivity index (χ0) is 62.0. The van der Waals surface area contributed by atoms with Gasteiger partial charge in [-0.15, -0.1) is 0 Å². The fourth-order valence-electron chi connectivity index (χ4n) is 16.3. The van der Waals surface area contributed by atoms with Crippen LogP contribution in [0.25, 0.3) is 0 Å². The maximum absolute atomic E-state index is 13.2. The Morgan fingerprint density at radius 1 is 0.576 bits per heavy atom. The molecule has 0 bridgehead atoms. The van der Waals surface area contributed by atoms with Gasteiger partial charge in [0, 0.05) is 78.8 Å². The van der Waals surface area contributed by atoms with Gasteiger partial charge >= 0.3 is 11.9 Å². The molecule has 9 aliphatic rings. The molecular formula is C59H94O26. The van der Waals surface area contributed by atoms with E-state index in [-0.39, 0.29) is 44.0 Å². The van der Waals surface area contributed by atoms with Crippen molar-refractivity contribution in [3.63, 3.8) is 0 Å². The Labute approximate surface area is 496 Å². The quantitative estimate of drug-likeness (QED) is 0.0736. The van der Waals surface area contributed by atoms with Crippen LogP contribution in [0.3, 0.4) is 0 Å². The number of ether oxygens (including phenoxy) is 16. The summed E-state index contributed by atoms with van der Waals surface area (Å²) >= 11 is 0. The maximum atomic E-state index is 13.2. The number of carbonyl (C=O) groups is 3. The van der Waals surface area contributed by atoms with E-state index < -0.39 is 200 Å². The second-order valence-corrected chi connectivity index (χ2v) is 25.5. The summed E-state index contributed by atoms with van der Waals surface area (Å²) in [6, 6.07) is 0. The molecule has 0 spiro atoms. The summed E-state index contributed by atoms with van der Waals surface area (Å²) in [5, 5.41) is 78.4. The topological polar surface area (TPSA) is 340 Å². The minimum atomic E-state index is -1.87. The van der Waals surface area contributed by atoms with Crippen LogP contribution in [0.1, 0.15) is 120 Å². The van der Waals surface area contributed by atoms with E-state index in [0.717, 1.165) is 5.57 Å². The Morgan fingerprint density at radius 3 is 1.59 bits per heavy atom. The lowest BCUT2D eigenvalue weighted by Gasteiger charge is -2.68. The van der Waals surface area contributed by atoms with Crippen molar-refractivity contribution in [2.45, 2.75) is 285 Å². The number of rotatable bonds is 18. The Balaban J connectivity index is 0.791. The summed E-state index contributed by atoms with van der Waals surface area (Å²) in [5.41, 5.74) is -5.08. The zero-order valence-corrected chi connectivity index (χ0v) is 51.1. The second kappa shape index (κ2) is 26.4. The number of hydrogen-bond donors (Lipinski definition) is 7. The molecule has 0 aromatic carbocycles. The van der Waals surface area contributed by atoms with Crippen LogP contribution in [-0.4, -0.2) is 253 Å². The lowest BCUT2D eigenvalue weighted by atomic mass is 9.42. The second-order valence-electron chi connectivity index (χ2n) is 25.5. The van der Waals surface area contributed by atoms with Crippen molar-refractivity contribution in [2.75, 3.05) is 35.0 Å². The van der Waals surface area contributed by atoms with Crippen molar-refractivity contribution < 1.29 is 126 Å². The first kappa shape index (κ1) is 66.9. The Hall–Kier alpha value is -2.49. The van der Waals surface area contributed by atoms with Crippen molar-refractivity contribution in [1.82, 2.24) is 0 Å². The summed E-state index contributed by atoms with van der Waals surface area (Å²) in [5.74, 6) is -3.19. The summed E-state index contributed by atoms with van der Waals surface area (Å²) in [7, 11) is 6.07. The number of aliphatic hydroxyl groups is 7. The Morgan fingerprint density at radius 2 is 1.08 bits per heavy atom. The van der Waals surface area contributed by atoms with Gasteiger partial charge in [0.1, 0.15) is 90.2 Å². The molecule has 26 nitrogen and oxygen atoms in total. The molecule has 5 saturated heterocycles. The maximum Gasteiger partial charge on any atom is 0.303 e. The molecule has 4 aliphatic carbocycles. The molecule has 5 aliphatic heterocycles. The number of ketones is 1. The standard InChI is InChI=1S/C59H94O26/c1-25(61)34-16-19-59(69)57(34,9)53(79-31(7)63)51(78-30(6)62)52-56(8)17-15-33(20-32(56)14-18-58(52,59)68)80-39-21-35(70-10)46(26(2)74-39)82-40-22-36(71-11)47(27(3)75-40)83-41-23-37(72-12)48(28(4)76-41)84-55-45(67)50(73-13)49(29(5)77-55)85-54-44(66)43(65)42(64)38(24-60)81-54/h14,26-29,33-55,60,64-69H,15-24H2,1-13H3. The molecule has 486 valence electrons. The molecule has 9 rings (SSSR count). The van der Waals surface area contributed by atoms with Crippen LogP contribution < -0.4 is 0 Å². The molecule has 0 radical (unpaired) electrons. The van der Waals surface area contributed by atoms with E-state index >= 15 is 0 Å². The van der Waals surface area contributed by atoms with Crippen molar-refractivity contribution in [3.05, 3.63) is 11.6 Å². The van der Waals surface area contributed by atoms with Crippen molar-refractivity contribution in [1.29, 1.82) is 0 Å². The minimum absolute atomic E-state index is 0.0112. The molecule has 8 fully saturated rings. The normalized spacial score (nSPS) is 50.9. The van der Waals surface area contributed by atoms with Gasteiger partial charge in [0.2, 0.25) is 0 Å². The molecule has 85 heavy (non-hydrogen) atoms. The number of hydrogen-bond acceptors (Lipinski definition) is 26. The monoisotopic (exact) mass is 1220 g/mol. The summed E-state index contributed by atoms with van der Waals surface area (Å²) < 4.78 is 99.3. The zero-order valence-electron chi connectivity index (χ0n) is 51.1. The van der Waals surface area contributed by atoms with Gasteiger partial charge in [0.25, 0.3) is 0 Å². The number of fused-ring (bicyclic) bond motifs is 5. The van der Waals surface area contributed by atoms with Crippen LogP contribution in [0.15, 0.2) is 11.6 Å². The minimum Gasteiger partial charge on any atom is -0.458 e. The molecule has 0 amide bonds. The van der Waals surface area contributed by atoms with E-state index in [2.05, 4.69) is 0 Å². The fraction of sp³-hybridized carbons (Fsp3) is 0.915. The van der Waals surface area contributed by atoms with Gasteiger partial charge in [0.15, 0.2) is 31.5 Å². The molecule has 7 N–H and O–H groups in total. The average Bonchev–Trinajstić information content (AvgIpc) is 1.71. The number of aliphatic hydroxyl groups excluding tert-OH is 5. The van der Waals surface area contributed by atoms with Crippen LogP contribution >= 0.6 is 0 Å². The molecule has 3 saturated carbocycles. The first-order valence-electron chi connectivity index (χ1n) is 30.1. The summed E-state index contributed by atoms with van der Waals surface area (Å²) in [6.07, 6.45) is -19.0. The number of methoxy groups -OCH3 is 4. The number of esters is 2. The molecular weight excluding hydrogens is 1120 g/mol. The Kier molecular flexibility index (Phi) is 20.8. The molecule has 0 aromatic rings. The van der Waals surface area contributed by atoms with E-state index in [4.69, 9.17) is 75.8 Å². The molecule has 5 heterocycles. The first-order valence-corrected chi connectivity index (χ1v) is 30.1. The molecule has 0 aromatic heterocycles. The van der Waals surface area contributed by atoms with Crippen molar-refractivity contribution in [2.24, 2.45) is 22.7 Å². The lowest BCUT2D eigenvalue weighted by Crippen LogP contribution is -2.80. The number of carbonyl (C=O) groups excluding carboxylic acids is 3. The largest absolute Gasteiger partial charge is 0.458 e. The summed E-state index contributed by atoms with van der Waals surface area (Å²) in [6.45, 7) is 14.1. The van der Waals surface area contributed by atoms with E-state index in [1.165, 1.54) is 35.0 Å². The summed E-state index contributed by atoms with van der Waals surface area (Å²) in [4.78, 5) is 39.0. The highest BCUT2D eigenvalue weighted by molar-refractivity contribution is 5.80. The Bertz CT molecular complexity index is 2350. The third-order valence-electron chi connectivity index (χ3n) is 20.6. The average molecular weight is 1220 g/mol. The van der Waals surface area contributed by atoms with Gasteiger partial charge in [-0.05, 0) is 78.6 Å². The van der Waals surface area contributed by atoms with E-state index in [0.29, 0.717) is 25.7 Å². The SMILES string of the molecule is COC1CC(OC2CCC3(C)C(=CCC4(O)C3C(OC(C)=O)C(OC(C)=O)C3(C)C(C(C)=O)CCC43O)C2)OC(C)C1OC1CC(OC)C(OC2CC(OC)C(OC3OC(C)C(OC4OC(CO)C(O)C(O)C4O)C(OC)C3O)C(C)O2)C(C)O1. The van der Waals surface area contributed by atoms with Gasteiger partial charge in [-0.25, -0.2) is 0 Å². The smallest absolute Gasteiger partial charge is 0.303 e. The van der Waals surface area contributed by atoms with Gasteiger partial charge in [0.05, 0.1) is 55.4 Å². The molecule has 31 atom stereocenters. The third kappa shape index (κ3) is 12.2. The van der Waals surface area contributed by atoms with Crippen LogP contribution in [0, 0.1) is 22.7 Å². The van der Waals surface area contributed by atoms with Gasteiger partial charge < -0.3 is 112 Å². The highest BCUT2D eigenvalue weighted by Crippen LogP contribution is 2.70. The van der Waals surface area contributed by atoms with Gasteiger partial charge in [-0.2, -0.15) is 0 Å². The van der Waals surface area contributed by atoms with Crippen LogP contribution in [0.2, 0.25) is 0 Å². The molecule has 26 heteroatoms. The van der Waals surface area contributed by atoms with Crippen LogP contribution in [0.4, 0.5) is 0 Å². The predicted molar refractivity (Wildman–Crippen MR) is 289 cm³/mol. The van der Waals surface area contributed by atoms with Crippen molar-refractivity contribution in [3.8, 4) is 0 Å². The lowest BCUT2D eigenvalue weighted by molar-refractivity contribution is -0.374. The fourth-order valence-corrected chi connectivity index (χ4v) is 16.3. The molecule has 31 unspecified atom stereocenters. The van der Waals surface area contributed by atoms with E-state index in [1.54, 1.807) is 35.0 Å². The van der Waals surface area contributed by atoms with Crippen molar-refractivity contribution >= 4 is 17.7 Å².